The van der Waals surface area contributed by atoms with Gasteiger partial charge in [0.15, 0.2) is 38.7 Å². The first-order chi connectivity index (χ1) is 26.6. The summed E-state index contributed by atoms with van der Waals surface area (Å²) in [5.74, 6) is -25.1. The number of fused-ring (bicyclic) bond motifs is 4. The van der Waals surface area contributed by atoms with E-state index >= 15 is 8.78 Å². The average molecular weight is 840 g/mol. The van der Waals surface area contributed by atoms with Gasteiger partial charge in [0.25, 0.3) is 11.8 Å². The molecule has 6 atom stereocenters. The fourth-order valence-electron chi connectivity index (χ4n) is 8.52. The van der Waals surface area contributed by atoms with E-state index in [1.807, 2.05) is 0 Å². The van der Waals surface area contributed by atoms with Crippen molar-refractivity contribution in [3.05, 3.63) is 96.9 Å². The Labute approximate surface area is 326 Å². The smallest absolute Gasteiger partial charge is 0.301 e. The summed E-state index contributed by atoms with van der Waals surface area (Å²) in [5.41, 5.74) is -4.94. The molecule has 6 unspecified atom stereocenters. The lowest BCUT2D eigenvalue weighted by atomic mass is 9.56. The molecule has 0 radical (unpaired) electrons. The molecule has 3 aromatic rings. The van der Waals surface area contributed by atoms with Crippen LogP contribution in [0.4, 0.5) is 50.4 Å². The van der Waals surface area contributed by atoms with Crippen LogP contribution in [-0.2, 0) is 19.2 Å². The number of anilines is 3. The van der Waals surface area contributed by atoms with Gasteiger partial charge in [0.05, 0.1) is 34.5 Å². The number of benzene rings is 3. The van der Waals surface area contributed by atoms with E-state index in [4.69, 9.17) is 27.9 Å². The Hall–Kier alpha value is -5.89. The molecule has 7 rings (SSSR count). The second-order valence-electron chi connectivity index (χ2n) is 13.9. The van der Waals surface area contributed by atoms with Crippen LogP contribution in [0.1, 0.15) is 24.3 Å². The molecule has 4 amide bonds. The van der Waals surface area contributed by atoms with Crippen molar-refractivity contribution in [2.45, 2.75) is 28.5 Å². The number of allylic oxidation sites excluding steroid dienone is 2. The Morgan fingerprint density at radius 1 is 0.842 bits per heavy atom. The van der Waals surface area contributed by atoms with Gasteiger partial charge in [0, 0.05) is 43.8 Å². The predicted molar refractivity (Wildman–Crippen MR) is 188 cm³/mol. The van der Waals surface area contributed by atoms with Gasteiger partial charge < -0.3 is 14.7 Å². The molecule has 0 bridgehead atoms. The maximum Gasteiger partial charge on any atom is 0.301 e. The molecular weight excluding hydrogens is 816 g/mol. The Morgan fingerprint density at radius 2 is 1.40 bits per heavy atom. The number of aromatic hydroxyl groups is 1. The Bertz CT molecular complexity index is 2390. The average Bonchev–Trinajstić information content (AvgIpc) is 3.50. The minimum absolute atomic E-state index is 0.00804. The number of hydrogen-bond acceptors (Lipinski definition) is 11. The topological polar surface area (TPSA) is 194 Å². The summed E-state index contributed by atoms with van der Waals surface area (Å²) in [6.07, 6.45) is 0.146. The van der Waals surface area contributed by atoms with Crippen LogP contribution in [0.5, 0.6) is 11.5 Å². The monoisotopic (exact) mass is 839 g/mol. The van der Waals surface area contributed by atoms with Crippen molar-refractivity contribution >= 4 is 75.3 Å². The number of amides is 4. The Balaban J connectivity index is 1.43. The summed E-state index contributed by atoms with van der Waals surface area (Å²) in [6.45, 7) is 0. The number of phenols is 1. The highest BCUT2D eigenvalue weighted by molar-refractivity contribution is 6.58. The lowest BCUT2D eigenvalue weighted by Gasteiger charge is -2.50. The molecule has 2 aliphatic heterocycles. The number of alkyl halides is 2. The highest BCUT2D eigenvalue weighted by Crippen LogP contribution is 2.67. The van der Waals surface area contributed by atoms with Gasteiger partial charge in [-0.05, 0) is 24.8 Å². The third kappa shape index (κ3) is 5.15. The van der Waals surface area contributed by atoms with Crippen molar-refractivity contribution in [3.63, 3.8) is 0 Å². The number of imide groups is 2. The molecule has 2 heterocycles. The quantitative estimate of drug-likeness (QED) is 0.0445. The van der Waals surface area contributed by atoms with E-state index in [0.717, 1.165) is 23.1 Å². The number of halogens is 7. The SMILES string of the molecule is COc1ccc(C2C3=CCC4C(=O)N(c5cc([N+](=O)[O-])c(N(C)C)c([N+](=O)[O-])c5)C(=O)C4C3CC3(Cl)C(=O)N(c4c(F)c(F)c(F)c(F)c4F)C(=O)C23Cl)c(O)c1. The number of ether oxygens (including phenoxy) is 1. The first-order valence-electron chi connectivity index (χ1n) is 16.5. The number of carbonyl (C=O) groups excluding carboxylic acids is 4. The van der Waals surface area contributed by atoms with Crippen LogP contribution in [0.3, 0.4) is 0 Å². The predicted octanol–water partition coefficient (Wildman–Crippen LogP) is 5.75. The summed E-state index contributed by atoms with van der Waals surface area (Å²) in [5, 5.41) is 35.5. The minimum Gasteiger partial charge on any atom is -0.508 e. The van der Waals surface area contributed by atoms with Gasteiger partial charge in [-0.15, -0.1) is 23.2 Å². The van der Waals surface area contributed by atoms with Crippen LogP contribution in [0, 0.1) is 67.1 Å². The zero-order chi connectivity index (χ0) is 42.0. The number of phenolic OH excluding ortho intramolecular Hbond substituents is 1. The van der Waals surface area contributed by atoms with Crippen molar-refractivity contribution in [1.29, 1.82) is 0 Å². The van der Waals surface area contributed by atoms with Crippen LogP contribution in [0.25, 0.3) is 0 Å². The number of methoxy groups -OCH3 is 1. The standard InChI is InChI=1S/C35H24Cl2F5N5O10/c1-43(2)28-18(46(53)54)8-12(9-19(28)47(55)56)44-30(49)16-7-6-14-17(21(16)31(44)50)11-34(36)32(51)45(29-26(41)24(39)23(38)25(40)27(29)42)33(52)35(34,37)22(14)15-5-4-13(57-3)10-20(15)48/h4-6,8-10,16-17,21-22,48H,7,11H2,1-3H3. The van der Waals surface area contributed by atoms with E-state index in [2.05, 4.69) is 0 Å². The summed E-state index contributed by atoms with van der Waals surface area (Å²) in [6, 6.07) is 5.11. The number of nitro benzene ring substituents is 2. The van der Waals surface area contributed by atoms with Gasteiger partial charge in [-0.25, -0.2) is 31.8 Å². The Morgan fingerprint density at radius 3 is 1.91 bits per heavy atom. The highest BCUT2D eigenvalue weighted by Gasteiger charge is 2.77. The normalized spacial score (nSPS) is 26.6. The number of nitro groups is 2. The van der Waals surface area contributed by atoms with Crippen molar-refractivity contribution in [2.75, 3.05) is 35.9 Å². The summed E-state index contributed by atoms with van der Waals surface area (Å²) < 4.78 is 78.8. The van der Waals surface area contributed by atoms with Crippen molar-refractivity contribution in [2.24, 2.45) is 17.8 Å². The lowest BCUT2D eigenvalue weighted by Crippen LogP contribution is -2.60. The zero-order valence-corrected chi connectivity index (χ0v) is 30.7. The van der Waals surface area contributed by atoms with Crippen LogP contribution < -0.4 is 19.4 Å². The van der Waals surface area contributed by atoms with E-state index in [-0.39, 0.29) is 28.2 Å². The molecule has 1 saturated carbocycles. The van der Waals surface area contributed by atoms with E-state index in [1.54, 1.807) is 0 Å². The Kier molecular flexibility index (Phi) is 9.03. The van der Waals surface area contributed by atoms with Gasteiger partial charge in [0.2, 0.25) is 17.6 Å². The third-order valence-electron chi connectivity index (χ3n) is 10.9. The number of carbonyl (C=O) groups is 4. The van der Waals surface area contributed by atoms with E-state index in [0.29, 0.717) is 4.90 Å². The van der Waals surface area contributed by atoms with Gasteiger partial charge in [0.1, 0.15) is 17.2 Å². The lowest BCUT2D eigenvalue weighted by molar-refractivity contribution is -0.392. The van der Waals surface area contributed by atoms with Gasteiger partial charge in [-0.2, -0.15) is 0 Å². The van der Waals surface area contributed by atoms with Gasteiger partial charge >= 0.3 is 11.4 Å². The summed E-state index contributed by atoms with van der Waals surface area (Å²) >= 11 is 14.2. The molecule has 0 aromatic heterocycles. The van der Waals surface area contributed by atoms with Gasteiger partial charge in [-0.3, -0.25) is 39.4 Å². The summed E-state index contributed by atoms with van der Waals surface area (Å²) in [4.78, 5) is 75.0. The van der Waals surface area contributed by atoms with Crippen molar-refractivity contribution in [3.8, 4) is 11.5 Å². The second kappa shape index (κ2) is 13.1. The molecule has 2 aliphatic carbocycles. The molecule has 57 heavy (non-hydrogen) atoms. The van der Waals surface area contributed by atoms with Crippen LogP contribution in [0.2, 0.25) is 0 Å². The molecule has 1 N–H and O–H groups in total. The van der Waals surface area contributed by atoms with Crippen molar-refractivity contribution < 1.29 is 60.8 Å². The molecule has 4 aliphatic rings. The largest absolute Gasteiger partial charge is 0.508 e. The fourth-order valence-corrected chi connectivity index (χ4v) is 9.44. The highest BCUT2D eigenvalue weighted by atomic mass is 35.5. The van der Waals surface area contributed by atoms with Crippen LogP contribution in [-0.4, -0.2) is 69.5 Å². The molecule has 0 spiro atoms. The van der Waals surface area contributed by atoms with Crippen molar-refractivity contribution in [1.82, 2.24) is 0 Å². The first-order valence-corrected chi connectivity index (χ1v) is 17.3. The number of hydrogen-bond donors (Lipinski definition) is 1. The van der Waals surface area contributed by atoms with E-state index in [1.165, 1.54) is 39.4 Å². The molecule has 3 aromatic carbocycles. The van der Waals surface area contributed by atoms with E-state index in [9.17, 15) is 57.7 Å². The zero-order valence-electron chi connectivity index (χ0n) is 29.2. The number of nitrogens with zero attached hydrogens (tertiary/aromatic N) is 5. The molecule has 298 valence electrons. The molecule has 22 heteroatoms. The molecule has 3 fully saturated rings. The maximum atomic E-state index is 15.3. The molecular formula is C35H24Cl2F5N5O10. The number of rotatable bonds is 7. The minimum atomic E-state index is -2.93. The first kappa shape index (κ1) is 39.3. The van der Waals surface area contributed by atoms with Gasteiger partial charge in [-0.1, -0.05) is 17.7 Å². The maximum absolute atomic E-state index is 15.3. The van der Waals surface area contributed by atoms with Crippen LogP contribution >= 0.6 is 23.2 Å². The van der Waals surface area contributed by atoms with E-state index < -0.39 is 137 Å². The third-order valence-corrected chi connectivity index (χ3v) is 12.3. The fraction of sp³-hybridized carbons (Fsp3) is 0.314. The summed E-state index contributed by atoms with van der Waals surface area (Å²) in [7, 11) is 3.84. The molecule has 15 nitrogen and oxygen atoms in total. The second-order valence-corrected chi connectivity index (χ2v) is 15.1. The molecule has 2 saturated heterocycles. The van der Waals surface area contributed by atoms with Crippen LogP contribution in [0.15, 0.2) is 42.0 Å².